The van der Waals surface area contributed by atoms with E-state index in [1.807, 2.05) is 11.0 Å². The van der Waals surface area contributed by atoms with E-state index in [2.05, 4.69) is 6.07 Å². The van der Waals surface area contributed by atoms with E-state index in [-0.39, 0.29) is 17.1 Å². The molecule has 4 heteroatoms. The first-order valence-electron chi connectivity index (χ1n) is 9.83. The standard InChI is InChI=1S/C21H27NO3/c23-19-2-1-17(10-18(19)20(24)22-3-5-25-6-4-22)21-11-14-7-15(12-21)9-16(8-14)13-21/h1-2,10,14-16,23H,3-9,11-13H2. The van der Waals surface area contributed by atoms with Crippen molar-refractivity contribution < 1.29 is 14.6 Å². The van der Waals surface area contributed by atoms with Gasteiger partial charge in [0.05, 0.1) is 18.8 Å². The van der Waals surface area contributed by atoms with Crippen molar-refractivity contribution in [2.45, 2.75) is 43.9 Å². The van der Waals surface area contributed by atoms with E-state index in [0.29, 0.717) is 31.9 Å². The van der Waals surface area contributed by atoms with E-state index < -0.39 is 0 Å². The molecule has 0 spiro atoms. The lowest BCUT2D eigenvalue weighted by molar-refractivity contribution is -0.00525. The molecule has 5 fully saturated rings. The van der Waals surface area contributed by atoms with E-state index in [0.717, 1.165) is 17.8 Å². The Balaban J connectivity index is 1.48. The summed E-state index contributed by atoms with van der Waals surface area (Å²) in [5, 5.41) is 10.3. The molecule has 6 rings (SSSR count). The Morgan fingerprint density at radius 3 is 2.24 bits per heavy atom. The maximum absolute atomic E-state index is 12.9. The lowest BCUT2D eigenvalue weighted by Gasteiger charge is -2.57. The van der Waals surface area contributed by atoms with Gasteiger partial charge in [-0.2, -0.15) is 0 Å². The highest BCUT2D eigenvalue weighted by Crippen LogP contribution is 2.60. The predicted octanol–water partition coefficient (Wildman–Crippen LogP) is 3.33. The number of rotatable bonds is 2. The van der Waals surface area contributed by atoms with Crippen LogP contribution >= 0.6 is 0 Å². The number of phenols is 1. The predicted molar refractivity (Wildman–Crippen MR) is 94.7 cm³/mol. The average molecular weight is 341 g/mol. The maximum atomic E-state index is 12.9. The van der Waals surface area contributed by atoms with Gasteiger partial charge < -0.3 is 14.7 Å². The van der Waals surface area contributed by atoms with Crippen molar-refractivity contribution in [3.05, 3.63) is 29.3 Å². The number of nitrogens with zero attached hydrogens (tertiary/aromatic N) is 1. The van der Waals surface area contributed by atoms with Gasteiger partial charge in [-0.1, -0.05) is 6.07 Å². The second-order valence-corrected chi connectivity index (χ2v) is 8.83. The van der Waals surface area contributed by atoms with Crippen LogP contribution in [0.3, 0.4) is 0 Å². The summed E-state index contributed by atoms with van der Waals surface area (Å²) >= 11 is 0. The number of ether oxygens (including phenoxy) is 1. The van der Waals surface area contributed by atoms with Gasteiger partial charge in [-0.15, -0.1) is 0 Å². The van der Waals surface area contributed by atoms with Gasteiger partial charge in [0, 0.05) is 13.1 Å². The summed E-state index contributed by atoms with van der Waals surface area (Å²) < 4.78 is 5.35. The van der Waals surface area contributed by atoms with Crippen molar-refractivity contribution in [1.29, 1.82) is 0 Å². The third-order valence-corrected chi connectivity index (χ3v) is 7.18. The molecule has 5 aliphatic rings. The molecule has 0 unspecified atom stereocenters. The van der Waals surface area contributed by atoms with Crippen LogP contribution in [0.15, 0.2) is 18.2 Å². The number of carbonyl (C=O) groups is 1. The summed E-state index contributed by atoms with van der Waals surface area (Å²) in [5.41, 5.74) is 2.03. The topological polar surface area (TPSA) is 49.8 Å². The first-order valence-corrected chi connectivity index (χ1v) is 9.83. The summed E-state index contributed by atoms with van der Waals surface area (Å²) in [6, 6.07) is 5.85. The average Bonchev–Trinajstić information content (AvgIpc) is 2.61. The zero-order valence-electron chi connectivity index (χ0n) is 14.7. The summed E-state index contributed by atoms with van der Waals surface area (Å²) in [4.78, 5) is 14.7. The molecule has 4 saturated carbocycles. The Labute approximate surface area is 149 Å². The van der Waals surface area contributed by atoms with Crippen LogP contribution in [0.1, 0.15) is 54.4 Å². The number of hydrogen-bond donors (Lipinski definition) is 1. The van der Waals surface area contributed by atoms with E-state index in [9.17, 15) is 9.90 Å². The fraction of sp³-hybridized carbons (Fsp3) is 0.667. The highest BCUT2D eigenvalue weighted by molar-refractivity contribution is 5.97. The first-order chi connectivity index (χ1) is 12.1. The quantitative estimate of drug-likeness (QED) is 0.898. The minimum absolute atomic E-state index is 0.0487. The second kappa shape index (κ2) is 5.73. The second-order valence-electron chi connectivity index (χ2n) is 8.83. The van der Waals surface area contributed by atoms with E-state index >= 15 is 0 Å². The van der Waals surface area contributed by atoms with Crippen LogP contribution in [0.2, 0.25) is 0 Å². The number of carbonyl (C=O) groups excluding carboxylic acids is 1. The molecule has 1 N–H and O–H groups in total. The lowest BCUT2D eigenvalue weighted by Crippen LogP contribution is -2.48. The highest BCUT2D eigenvalue weighted by Gasteiger charge is 2.51. The summed E-state index contributed by atoms with van der Waals surface area (Å²) in [7, 11) is 0. The number of hydrogen-bond acceptors (Lipinski definition) is 3. The molecule has 1 amide bonds. The summed E-state index contributed by atoms with van der Waals surface area (Å²) in [6.45, 7) is 2.39. The summed E-state index contributed by atoms with van der Waals surface area (Å²) in [6.07, 6.45) is 8.06. The van der Waals surface area contributed by atoms with E-state index in [1.165, 1.54) is 44.1 Å². The Morgan fingerprint density at radius 1 is 1.04 bits per heavy atom. The molecule has 4 nitrogen and oxygen atoms in total. The zero-order valence-corrected chi connectivity index (χ0v) is 14.7. The minimum atomic E-state index is -0.0487. The van der Waals surface area contributed by atoms with Gasteiger partial charge in [-0.3, -0.25) is 4.79 Å². The van der Waals surface area contributed by atoms with Gasteiger partial charge in [-0.05, 0) is 79.4 Å². The van der Waals surface area contributed by atoms with Gasteiger partial charge in [0.25, 0.3) is 5.91 Å². The number of aromatic hydroxyl groups is 1. The van der Waals surface area contributed by atoms with Crippen molar-refractivity contribution in [1.82, 2.24) is 4.90 Å². The molecule has 4 bridgehead atoms. The molecule has 1 aromatic rings. The van der Waals surface area contributed by atoms with Crippen molar-refractivity contribution in [3.63, 3.8) is 0 Å². The zero-order chi connectivity index (χ0) is 17.0. The van der Waals surface area contributed by atoms with Crippen molar-refractivity contribution in [2.75, 3.05) is 26.3 Å². The van der Waals surface area contributed by atoms with Gasteiger partial charge in [0.15, 0.2) is 0 Å². The number of morpholine rings is 1. The van der Waals surface area contributed by atoms with Gasteiger partial charge >= 0.3 is 0 Å². The van der Waals surface area contributed by atoms with Gasteiger partial charge in [-0.25, -0.2) is 0 Å². The molecular formula is C21H27NO3. The van der Waals surface area contributed by atoms with Crippen LogP contribution in [0.4, 0.5) is 0 Å². The fourth-order valence-electron chi connectivity index (χ4n) is 6.44. The third-order valence-electron chi connectivity index (χ3n) is 7.18. The van der Waals surface area contributed by atoms with Crippen LogP contribution in [0.25, 0.3) is 0 Å². The van der Waals surface area contributed by atoms with Crippen LogP contribution < -0.4 is 0 Å². The Hall–Kier alpha value is -1.55. The number of phenolic OH excluding ortho intramolecular Hbond substituents is 1. The van der Waals surface area contributed by atoms with Crippen molar-refractivity contribution in [3.8, 4) is 5.75 Å². The molecule has 134 valence electrons. The molecule has 1 heterocycles. The Bertz CT molecular complexity index is 657. The van der Waals surface area contributed by atoms with Gasteiger partial charge in [0.1, 0.15) is 5.75 Å². The molecule has 1 aromatic carbocycles. The summed E-state index contributed by atoms with van der Waals surface area (Å²) in [5.74, 6) is 2.69. The molecule has 0 atom stereocenters. The number of amides is 1. The Kier molecular flexibility index (Phi) is 3.60. The monoisotopic (exact) mass is 341 g/mol. The maximum Gasteiger partial charge on any atom is 0.257 e. The first kappa shape index (κ1) is 15.7. The highest BCUT2D eigenvalue weighted by atomic mass is 16.5. The minimum Gasteiger partial charge on any atom is -0.507 e. The Morgan fingerprint density at radius 2 is 1.64 bits per heavy atom. The van der Waals surface area contributed by atoms with E-state index in [4.69, 9.17) is 4.74 Å². The molecule has 25 heavy (non-hydrogen) atoms. The number of benzene rings is 1. The molecule has 1 saturated heterocycles. The molecular weight excluding hydrogens is 314 g/mol. The van der Waals surface area contributed by atoms with Crippen molar-refractivity contribution in [2.24, 2.45) is 17.8 Å². The molecule has 0 aromatic heterocycles. The third kappa shape index (κ3) is 2.57. The normalized spacial score (nSPS) is 36.6. The van der Waals surface area contributed by atoms with Crippen LogP contribution in [-0.2, 0) is 10.2 Å². The van der Waals surface area contributed by atoms with Crippen LogP contribution in [0, 0.1) is 17.8 Å². The van der Waals surface area contributed by atoms with E-state index in [1.54, 1.807) is 6.07 Å². The van der Waals surface area contributed by atoms with Crippen molar-refractivity contribution >= 4 is 5.91 Å². The molecule has 4 aliphatic carbocycles. The molecule has 1 aliphatic heterocycles. The SMILES string of the molecule is O=C(c1cc(C23CC4CC(CC(C4)C2)C3)ccc1O)N1CCOCC1. The fourth-order valence-corrected chi connectivity index (χ4v) is 6.44. The lowest BCUT2D eigenvalue weighted by atomic mass is 9.48. The van der Waals surface area contributed by atoms with Gasteiger partial charge in [0.2, 0.25) is 0 Å². The van der Waals surface area contributed by atoms with Crippen LogP contribution in [-0.4, -0.2) is 42.2 Å². The molecule has 0 radical (unpaired) electrons. The van der Waals surface area contributed by atoms with Crippen LogP contribution in [0.5, 0.6) is 5.75 Å². The smallest absolute Gasteiger partial charge is 0.257 e. The largest absolute Gasteiger partial charge is 0.507 e.